The summed E-state index contributed by atoms with van der Waals surface area (Å²) in [6.45, 7) is 2.29. The van der Waals surface area contributed by atoms with Crippen molar-refractivity contribution in [3.8, 4) is 0 Å². The van der Waals surface area contributed by atoms with E-state index >= 15 is 0 Å². The molecule has 94 valence electrons. The van der Waals surface area contributed by atoms with Crippen LogP contribution in [-0.4, -0.2) is 15.7 Å². The number of aromatic amines is 1. The van der Waals surface area contributed by atoms with Crippen LogP contribution in [0.15, 0.2) is 29.4 Å². The van der Waals surface area contributed by atoms with E-state index in [2.05, 4.69) is 27.4 Å². The van der Waals surface area contributed by atoms with E-state index in [1.54, 1.807) is 0 Å². The molecule has 1 unspecified atom stereocenters. The van der Waals surface area contributed by atoms with Crippen LogP contribution >= 0.6 is 0 Å². The maximum Gasteiger partial charge on any atom is 0.222 e. The van der Waals surface area contributed by atoms with Gasteiger partial charge in [-0.25, -0.2) is 10.4 Å². The number of fused-ring (bicyclic) bond motifs is 1. The third-order valence-corrected chi connectivity index (χ3v) is 3.46. The second-order valence-corrected chi connectivity index (χ2v) is 5.09. The summed E-state index contributed by atoms with van der Waals surface area (Å²) < 4.78 is 0. The lowest BCUT2D eigenvalue weighted by Gasteiger charge is -2.18. The van der Waals surface area contributed by atoms with Gasteiger partial charge in [0, 0.05) is 5.71 Å². The van der Waals surface area contributed by atoms with Crippen molar-refractivity contribution in [2.45, 2.75) is 32.6 Å². The molecule has 1 aliphatic carbocycles. The van der Waals surface area contributed by atoms with E-state index in [1.807, 2.05) is 24.3 Å². The van der Waals surface area contributed by atoms with Crippen LogP contribution in [0.1, 0.15) is 32.6 Å². The Morgan fingerprint density at radius 2 is 2.28 bits per heavy atom. The summed E-state index contributed by atoms with van der Waals surface area (Å²) in [5, 5.41) is 4.47. The highest BCUT2D eigenvalue weighted by Gasteiger charge is 2.13. The molecular weight excluding hydrogens is 224 g/mol. The normalized spacial score (nSPS) is 22.5. The van der Waals surface area contributed by atoms with Crippen LogP contribution in [0.4, 0.5) is 5.95 Å². The summed E-state index contributed by atoms with van der Waals surface area (Å²) in [5.41, 5.74) is 6.31. The molecule has 3 rings (SSSR count). The van der Waals surface area contributed by atoms with E-state index in [9.17, 15) is 0 Å². The number of hydrogen-bond acceptors (Lipinski definition) is 3. The van der Waals surface area contributed by atoms with Gasteiger partial charge in [-0.05, 0) is 43.7 Å². The molecule has 1 aliphatic rings. The number of anilines is 1. The minimum absolute atomic E-state index is 0.724. The van der Waals surface area contributed by atoms with Crippen molar-refractivity contribution in [1.29, 1.82) is 0 Å². The van der Waals surface area contributed by atoms with E-state index in [0.29, 0.717) is 0 Å². The van der Waals surface area contributed by atoms with Crippen molar-refractivity contribution >= 4 is 22.7 Å². The number of nitrogens with zero attached hydrogens (tertiary/aromatic N) is 2. The van der Waals surface area contributed by atoms with Gasteiger partial charge in [-0.15, -0.1) is 0 Å². The van der Waals surface area contributed by atoms with Crippen molar-refractivity contribution in [1.82, 2.24) is 9.97 Å². The third kappa shape index (κ3) is 2.37. The van der Waals surface area contributed by atoms with Gasteiger partial charge in [0.25, 0.3) is 0 Å². The summed E-state index contributed by atoms with van der Waals surface area (Å²) in [6.07, 6.45) is 4.79. The highest BCUT2D eigenvalue weighted by Crippen LogP contribution is 2.21. The molecule has 4 nitrogen and oxygen atoms in total. The van der Waals surface area contributed by atoms with Gasteiger partial charge in [-0.1, -0.05) is 19.1 Å². The third-order valence-electron chi connectivity index (χ3n) is 3.46. The van der Waals surface area contributed by atoms with Crippen LogP contribution in [-0.2, 0) is 0 Å². The summed E-state index contributed by atoms with van der Waals surface area (Å²) >= 11 is 0. The zero-order valence-corrected chi connectivity index (χ0v) is 10.6. The van der Waals surface area contributed by atoms with Gasteiger partial charge in [0.15, 0.2) is 0 Å². The van der Waals surface area contributed by atoms with E-state index < -0.39 is 0 Å². The molecular formula is C14H18N4. The van der Waals surface area contributed by atoms with Crippen molar-refractivity contribution in [2.75, 3.05) is 5.43 Å². The monoisotopic (exact) mass is 242 g/mol. The average molecular weight is 242 g/mol. The summed E-state index contributed by atoms with van der Waals surface area (Å²) in [4.78, 5) is 7.66. The van der Waals surface area contributed by atoms with Crippen LogP contribution in [0.5, 0.6) is 0 Å². The second-order valence-electron chi connectivity index (χ2n) is 5.09. The molecule has 0 bridgehead atoms. The molecule has 1 heterocycles. The first-order valence-corrected chi connectivity index (χ1v) is 6.57. The number of nitrogens with one attached hydrogen (secondary N) is 2. The fourth-order valence-corrected chi connectivity index (χ4v) is 2.50. The van der Waals surface area contributed by atoms with Crippen LogP contribution in [0.3, 0.4) is 0 Å². The Bertz CT molecular complexity index is 537. The average Bonchev–Trinajstić information content (AvgIpc) is 2.79. The number of hydrazone groups is 1. The maximum atomic E-state index is 4.47. The first-order valence-electron chi connectivity index (χ1n) is 6.57. The molecule has 0 amide bonds. The Morgan fingerprint density at radius 1 is 1.39 bits per heavy atom. The molecule has 2 aromatic rings. The second kappa shape index (κ2) is 4.80. The smallest absolute Gasteiger partial charge is 0.222 e. The lowest BCUT2D eigenvalue weighted by atomic mass is 9.89. The molecule has 1 fully saturated rings. The van der Waals surface area contributed by atoms with Gasteiger partial charge in [-0.2, -0.15) is 5.10 Å². The number of imidazole rings is 1. The van der Waals surface area contributed by atoms with Gasteiger partial charge < -0.3 is 4.98 Å². The molecule has 1 saturated carbocycles. The molecule has 1 aromatic carbocycles. The quantitative estimate of drug-likeness (QED) is 0.791. The predicted octanol–water partition coefficient (Wildman–Crippen LogP) is 3.54. The fourth-order valence-electron chi connectivity index (χ4n) is 2.50. The van der Waals surface area contributed by atoms with Gasteiger partial charge in [-0.3, -0.25) is 0 Å². The number of benzene rings is 1. The van der Waals surface area contributed by atoms with Crippen molar-refractivity contribution in [3.05, 3.63) is 24.3 Å². The van der Waals surface area contributed by atoms with Gasteiger partial charge >= 0.3 is 0 Å². The molecule has 1 aromatic heterocycles. The van der Waals surface area contributed by atoms with Crippen molar-refractivity contribution < 1.29 is 0 Å². The highest BCUT2D eigenvalue weighted by molar-refractivity contribution is 5.86. The van der Waals surface area contributed by atoms with Gasteiger partial charge in [0.2, 0.25) is 5.95 Å². The van der Waals surface area contributed by atoms with E-state index in [-0.39, 0.29) is 0 Å². The standard InChI is InChI=1S/C14H18N4/c1-10-5-4-6-11(9-10)17-18-14-15-12-7-2-3-8-13(12)16-14/h2-3,7-8,10H,4-6,9H2,1H3,(H2,15,16,18)/b17-11+. The van der Waals surface area contributed by atoms with E-state index in [1.165, 1.54) is 18.6 Å². The van der Waals surface area contributed by atoms with Crippen LogP contribution in [0.25, 0.3) is 11.0 Å². The number of rotatable bonds is 2. The van der Waals surface area contributed by atoms with Crippen LogP contribution in [0, 0.1) is 5.92 Å². The molecule has 2 N–H and O–H groups in total. The minimum atomic E-state index is 0.724. The Hall–Kier alpha value is -1.84. The summed E-state index contributed by atoms with van der Waals surface area (Å²) in [7, 11) is 0. The minimum Gasteiger partial charge on any atom is -0.323 e. The zero-order valence-electron chi connectivity index (χ0n) is 10.6. The predicted molar refractivity (Wildman–Crippen MR) is 74.8 cm³/mol. The molecule has 18 heavy (non-hydrogen) atoms. The van der Waals surface area contributed by atoms with Gasteiger partial charge in [0.05, 0.1) is 11.0 Å². The van der Waals surface area contributed by atoms with Crippen LogP contribution in [0.2, 0.25) is 0 Å². The molecule has 0 aliphatic heterocycles. The number of H-pyrrole nitrogens is 1. The number of para-hydroxylation sites is 2. The first kappa shape index (κ1) is 11.3. The van der Waals surface area contributed by atoms with Crippen LogP contribution < -0.4 is 5.43 Å². The molecule has 0 saturated heterocycles. The fraction of sp³-hybridized carbons (Fsp3) is 0.429. The Kier molecular flexibility index (Phi) is 3.00. The molecule has 0 spiro atoms. The van der Waals surface area contributed by atoms with E-state index in [0.717, 1.165) is 35.7 Å². The number of hydrogen-bond donors (Lipinski definition) is 2. The Morgan fingerprint density at radius 3 is 3.11 bits per heavy atom. The zero-order chi connectivity index (χ0) is 12.4. The molecule has 0 radical (unpaired) electrons. The Labute approximate surface area is 107 Å². The SMILES string of the molecule is CC1CCC/C(=N\Nc2nc3ccccc3[nH]2)C1. The highest BCUT2D eigenvalue weighted by atomic mass is 15.4. The van der Waals surface area contributed by atoms with Crippen molar-refractivity contribution in [3.63, 3.8) is 0 Å². The van der Waals surface area contributed by atoms with E-state index in [4.69, 9.17) is 0 Å². The summed E-state index contributed by atoms with van der Waals surface area (Å²) in [5.74, 6) is 1.48. The van der Waals surface area contributed by atoms with Gasteiger partial charge in [0.1, 0.15) is 0 Å². The largest absolute Gasteiger partial charge is 0.323 e. The lowest BCUT2D eigenvalue weighted by molar-refractivity contribution is 0.500. The summed E-state index contributed by atoms with van der Waals surface area (Å²) in [6, 6.07) is 8.00. The number of aromatic nitrogens is 2. The maximum absolute atomic E-state index is 4.47. The van der Waals surface area contributed by atoms with Crippen molar-refractivity contribution in [2.24, 2.45) is 11.0 Å². The lowest BCUT2D eigenvalue weighted by Crippen LogP contribution is -2.14. The Balaban J connectivity index is 1.74. The molecule has 4 heteroatoms. The molecule has 1 atom stereocenters. The topological polar surface area (TPSA) is 53.1 Å². The first-order chi connectivity index (χ1) is 8.81.